The van der Waals surface area contributed by atoms with Gasteiger partial charge in [0.25, 0.3) is 0 Å². The Balaban J connectivity index is 0.000000637. The molecule has 102 valence electrons. The average molecular weight is 261 g/mol. The Morgan fingerprint density at radius 3 is 2.53 bits per heavy atom. The summed E-state index contributed by atoms with van der Waals surface area (Å²) in [4.78, 5) is 10.5. The van der Waals surface area contributed by atoms with Crippen molar-refractivity contribution in [3.8, 4) is 5.75 Å². The van der Waals surface area contributed by atoms with E-state index < -0.39 is 0 Å². The van der Waals surface area contributed by atoms with Gasteiger partial charge in [-0.05, 0) is 6.07 Å². The van der Waals surface area contributed by atoms with Gasteiger partial charge in [0.15, 0.2) is 0 Å². The average Bonchev–Trinajstić information content (AvgIpc) is 2.50. The van der Waals surface area contributed by atoms with Crippen LogP contribution < -0.4 is 4.90 Å². The summed E-state index contributed by atoms with van der Waals surface area (Å²) in [7, 11) is 0. The minimum absolute atomic E-state index is 0.178. The molecule has 2 aromatic rings. The SMILES string of the molecule is CC.Oc1cc(N2CCOCC2)cc2nccnc12. The summed E-state index contributed by atoms with van der Waals surface area (Å²) in [5.41, 5.74) is 2.23. The monoisotopic (exact) mass is 261 g/mol. The molecule has 0 amide bonds. The molecule has 1 aliphatic rings. The summed E-state index contributed by atoms with van der Waals surface area (Å²) in [5, 5.41) is 9.92. The van der Waals surface area contributed by atoms with Gasteiger partial charge in [-0.15, -0.1) is 0 Å². The van der Waals surface area contributed by atoms with Gasteiger partial charge in [-0.1, -0.05) is 13.8 Å². The van der Waals surface area contributed by atoms with Gasteiger partial charge in [0, 0.05) is 37.2 Å². The molecule has 3 rings (SSSR count). The Bertz CT molecular complexity index is 539. The van der Waals surface area contributed by atoms with Crippen molar-refractivity contribution in [2.45, 2.75) is 13.8 Å². The van der Waals surface area contributed by atoms with E-state index in [1.165, 1.54) is 0 Å². The van der Waals surface area contributed by atoms with E-state index >= 15 is 0 Å². The van der Waals surface area contributed by atoms with Gasteiger partial charge in [-0.25, -0.2) is 4.98 Å². The largest absolute Gasteiger partial charge is 0.506 e. The highest BCUT2D eigenvalue weighted by molar-refractivity contribution is 5.84. The van der Waals surface area contributed by atoms with Crippen LogP contribution >= 0.6 is 0 Å². The van der Waals surface area contributed by atoms with Crippen LogP contribution in [-0.4, -0.2) is 41.4 Å². The first-order valence-electron chi connectivity index (χ1n) is 6.61. The van der Waals surface area contributed by atoms with Crippen molar-refractivity contribution in [1.82, 2.24) is 9.97 Å². The van der Waals surface area contributed by atoms with Gasteiger partial charge in [0.1, 0.15) is 11.3 Å². The molecule has 1 aromatic heterocycles. The number of rotatable bonds is 1. The van der Waals surface area contributed by atoms with Crippen LogP contribution in [0.2, 0.25) is 0 Å². The number of nitrogens with zero attached hydrogens (tertiary/aromatic N) is 3. The maximum absolute atomic E-state index is 9.92. The van der Waals surface area contributed by atoms with E-state index in [1.54, 1.807) is 18.5 Å². The number of phenols is 1. The number of aromatic hydroxyl groups is 1. The zero-order valence-corrected chi connectivity index (χ0v) is 11.3. The molecule has 0 saturated carbocycles. The first-order valence-corrected chi connectivity index (χ1v) is 6.61. The number of fused-ring (bicyclic) bond motifs is 1. The van der Waals surface area contributed by atoms with Crippen molar-refractivity contribution in [3.05, 3.63) is 24.5 Å². The number of aromatic nitrogens is 2. The lowest BCUT2D eigenvalue weighted by Gasteiger charge is -2.29. The first-order chi connectivity index (χ1) is 9.34. The number of benzene rings is 1. The maximum atomic E-state index is 9.92. The van der Waals surface area contributed by atoms with E-state index in [0.717, 1.165) is 32.0 Å². The molecule has 5 nitrogen and oxygen atoms in total. The highest BCUT2D eigenvalue weighted by Crippen LogP contribution is 2.28. The van der Waals surface area contributed by atoms with Crippen molar-refractivity contribution in [2.24, 2.45) is 0 Å². The second-order valence-electron chi connectivity index (χ2n) is 3.99. The third-order valence-corrected chi connectivity index (χ3v) is 2.91. The normalized spacial score (nSPS) is 14.9. The van der Waals surface area contributed by atoms with E-state index in [-0.39, 0.29) is 5.75 Å². The Labute approximate surface area is 112 Å². The maximum Gasteiger partial charge on any atom is 0.145 e. The predicted molar refractivity (Wildman–Crippen MR) is 75.6 cm³/mol. The third-order valence-electron chi connectivity index (χ3n) is 2.91. The quantitative estimate of drug-likeness (QED) is 0.852. The van der Waals surface area contributed by atoms with E-state index in [0.29, 0.717) is 11.0 Å². The molecule has 0 spiro atoms. The Hall–Kier alpha value is -1.88. The molecule has 1 aliphatic heterocycles. The third kappa shape index (κ3) is 2.93. The fraction of sp³-hybridized carbons (Fsp3) is 0.429. The molecule has 0 atom stereocenters. The van der Waals surface area contributed by atoms with Crippen molar-refractivity contribution in [3.63, 3.8) is 0 Å². The van der Waals surface area contributed by atoms with E-state index in [2.05, 4.69) is 14.9 Å². The van der Waals surface area contributed by atoms with Gasteiger partial charge in [0.2, 0.25) is 0 Å². The van der Waals surface area contributed by atoms with Gasteiger partial charge in [0.05, 0.1) is 18.7 Å². The molecule has 1 N–H and O–H groups in total. The van der Waals surface area contributed by atoms with Crippen LogP contribution in [0, 0.1) is 0 Å². The predicted octanol–water partition coefficient (Wildman–Crippen LogP) is 2.20. The zero-order valence-electron chi connectivity index (χ0n) is 11.3. The highest BCUT2D eigenvalue weighted by atomic mass is 16.5. The van der Waals surface area contributed by atoms with Crippen molar-refractivity contribution in [1.29, 1.82) is 0 Å². The smallest absolute Gasteiger partial charge is 0.145 e. The second-order valence-corrected chi connectivity index (χ2v) is 3.99. The first kappa shape index (κ1) is 13.5. The molecule has 0 bridgehead atoms. The number of ether oxygens (including phenoxy) is 1. The number of phenolic OH excluding ortho intramolecular Hbond substituents is 1. The molecule has 19 heavy (non-hydrogen) atoms. The minimum atomic E-state index is 0.178. The van der Waals surface area contributed by atoms with Gasteiger partial charge < -0.3 is 14.7 Å². The molecule has 5 heteroatoms. The number of hydrogen-bond donors (Lipinski definition) is 1. The second kappa shape index (κ2) is 6.33. The van der Waals surface area contributed by atoms with Crippen LogP contribution in [0.1, 0.15) is 13.8 Å². The fourth-order valence-corrected chi connectivity index (χ4v) is 2.05. The molecule has 2 heterocycles. The summed E-state index contributed by atoms with van der Waals surface area (Å²) in [5.74, 6) is 0.178. The van der Waals surface area contributed by atoms with Gasteiger partial charge in [-0.2, -0.15) is 0 Å². The van der Waals surface area contributed by atoms with Crippen molar-refractivity contribution >= 4 is 16.7 Å². The lowest BCUT2D eigenvalue weighted by Crippen LogP contribution is -2.36. The number of anilines is 1. The number of morpholine rings is 1. The zero-order chi connectivity index (χ0) is 13.7. The van der Waals surface area contributed by atoms with E-state index in [9.17, 15) is 5.11 Å². The summed E-state index contributed by atoms with van der Waals surface area (Å²) in [6.07, 6.45) is 3.21. The molecule has 0 radical (unpaired) electrons. The van der Waals surface area contributed by atoms with Gasteiger partial charge >= 0.3 is 0 Å². The molecular weight excluding hydrogens is 242 g/mol. The van der Waals surface area contributed by atoms with E-state index in [1.807, 2.05) is 19.9 Å². The van der Waals surface area contributed by atoms with Crippen LogP contribution in [0.4, 0.5) is 5.69 Å². The molecule has 1 fully saturated rings. The standard InChI is InChI=1S/C12H13N3O2.C2H6/c16-11-8-9(15-3-5-17-6-4-15)7-10-12(11)14-2-1-13-10;1-2/h1-2,7-8,16H,3-6H2;1-2H3. The number of hydrogen-bond acceptors (Lipinski definition) is 5. The lowest BCUT2D eigenvalue weighted by atomic mass is 10.2. The molecular formula is C14H19N3O2. The summed E-state index contributed by atoms with van der Waals surface area (Å²) < 4.78 is 5.31. The van der Waals surface area contributed by atoms with Crippen LogP contribution in [0.15, 0.2) is 24.5 Å². The molecule has 1 saturated heterocycles. The van der Waals surface area contributed by atoms with Crippen molar-refractivity contribution in [2.75, 3.05) is 31.2 Å². The Kier molecular flexibility index (Phi) is 4.52. The van der Waals surface area contributed by atoms with Crippen LogP contribution in [0.25, 0.3) is 11.0 Å². The van der Waals surface area contributed by atoms with Crippen LogP contribution in [0.3, 0.4) is 0 Å². The highest BCUT2D eigenvalue weighted by Gasteiger charge is 2.14. The molecule has 0 unspecified atom stereocenters. The lowest BCUT2D eigenvalue weighted by molar-refractivity contribution is 0.122. The van der Waals surface area contributed by atoms with Crippen LogP contribution in [0.5, 0.6) is 5.75 Å². The Morgan fingerprint density at radius 2 is 1.79 bits per heavy atom. The summed E-state index contributed by atoms with van der Waals surface area (Å²) in [6.45, 7) is 7.12. The summed E-state index contributed by atoms with van der Waals surface area (Å²) in [6, 6.07) is 3.69. The van der Waals surface area contributed by atoms with Crippen LogP contribution in [-0.2, 0) is 4.74 Å². The van der Waals surface area contributed by atoms with E-state index in [4.69, 9.17) is 4.74 Å². The van der Waals surface area contributed by atoms with Gasteiger partial charge in [-0.3, -0.25) is 4.98 Å². The topological polar surface area (TPSA) is 58.5 Å². The summed E-state index contributed by atoms with van der Waals surface area (Å²) >= 11 is 0. The molecule has 0 aliphatic carbocycles. The fourth-order valence-electron chi connectivity index (χ4n) is 2.05. The Morgan fingerprint density at radius 1 is 1.11 bits per heavy atom. The minimum Gasteiger partial charge on any atom is -0.506 e. The van der Waals surface area contributed by atoms with Crippen molar-refractivity contribution < 1.29 is 9.84 Å². The molecule has 1 aromatic carbocycles.